The van der Waals surface area contributed by atoms with E-state index in [1.165, 1.54) is 0 Å². The van der Waals surface area contributed by atoms with Crippen molar-refractivity contribution in [2.24, 2.45) is 12.0 Å². The zero-order valence-electron chi connectivity index (χ0n) is 19.0. The van der Waals surface area contributed by atoms with Crippen molar-refractivity contribution in [3.8, 4) is 0 Å². The molecule has 0 saturated carbocycles. The van der Waals surface area contributed by atoms with Crippen molar-refractivity contribution in [3.63, 3.8) is 0 Å². The van der Waals surface area contributed by atoms with Gasteiger partial charge < -0.3 is 24.3 Å². The lowest BCUT2D eigenvalue weighted by Crippen LogP contribution is -2.60. The number of piperazine rings is 1. The summed E-state index contributed by atoms with van der Waals surface area (Å²) in [7, 11) is 3.74. The minimum absolute atomic E-state index is 0.432. The maximum Gasteiger partial charge on any atom is 0.194 e. The second-order valence-electron chi connectivity index (χ2n) is 7.67. The molecular formula is C20H39N7O2. The molecule has 1 fully saturated rings. The highest BCUT2D eigenvalue weighted by molar-refractivity contribution is 5.80. The van der Waals surface area contributed by atoms with Crippen molar-refractivity contribution in [3.05, 3.63) is 11.6 Å². The minimum Gasteiger partial charge on any atom is -0.383 e. The summed E-state index contributed by atoms with van der Waals surface area (Å²) in [5.41, 5.74) is 0. The van der Waals surface area contributed by atoms with E-state index in [9.17, 15) is 0 Å². The average Bonchev–Trinajstić information content (AvgIpc) is 3.01. The van der Waals surface area contributed by atoms with Crippen LogP contribution in [-0.4, -0.2) is 95.7 Å². The maximum atomic E-state index is 5.46. The monoisotopic (exact) mass is 409 g/mol. The van der Waals surface area contributed by atoms with Crippen molar-refractivity contribution < 1.29 is 9.47 Å². The van der Waals surface area contributed by atoms with Crippen LogP contribution in [0.4, 0.5) is 0 Å². The van der Waals surface area contributed by atoms with Crippen molar-refractivity contribution in [1.82, 2.24) is 29.9 Å². The number of aliphatic imine (C=N–C) groups is 1. The summed E-state index contributed by atoms with van der Waals surface area (Å²) in [5, 5.41) is 11.9. The third kappa shape index (κ3) is 6.94. The van der Waals surface area contributed by atoms with Crippen molar-refractivity contribution >= 4 is 5.96 Å². The van der Waals surface area contributed by atoms with E-state index in [4.69, 9.17) is 14.5 Å². The standard InChI is InChI=1S/C20H39N7O2/c1-7-29-11-8-9-21-20(22-13-19-24-23-18(4)25(19)5)26-14-16(2)27(10-12-28-6)17(3)15-26/h16-17H,7-15H2,1-6H3,(H,21,22). The number of nitrogens with one attached hydrogen (secondary N) is 1. The number of hydrogen-bond donors (Lipinski definition) is 1. The summed E-state index contributed by atoms with van der Waals surface area (Å²) < 4.78 is 12.7. The summed E-state index contributed by atoms with van der Waals surface area (Å²) in [6.07, 6.45) is 0.953. The Morgan fingerprint density at radius 3 is 2.52 bits per heavy atom. The SMILES string of the molecule is CCOCCCNC(=NCc1nnc(C)n1C)N1CC(C)N(CCOC)C(C)C1. The molecule has 2 unspecified atom stereocenters. The first kappa shape index (κ1) is 23.6. The van der Waals surface area contributed by atoms with Gasteiger partial charge in [0.05, 0.1) is 6.61 Å². The minimum atomic E-state index is 0.432. The molecule has 2 rings (SSSR count). The number of ether oxygens (including phenoxy) is 2. The van der Waals surface area contributed by atoms with E-state index in [1.54, 1.807) is 7.11 Å². The molecule has 9 nitrogen and oxygen atoms in total. The van der Waals surface area contributed by atoms with Gasteiger partial charge in [0.25, 0.3) is 0 Å². The first-order valence-electron chi connectivity index (χ1n) is 10.7. The van der Waals surface area contributed by atoms with Crippen LogP contribution in [0.1, 0.15) is 38.8 Å². The van der Waals surface area contributed by atoms with E-state index in [0.717, 1.165) is 70.0 Å². The van der Waals surface area contributed by atoms with Crippen LogP contribution >= 0.6 is 0 Å². The van der Waals surface area contributed by atoms with Gasteiger partial charge in [-0.2, -0.15) is 0 Å². The zero-order valence-corrected chi connectivity index (χ0v) is 19.0. The van der Waals surface area contributed by atoms with Gasteiger partial charge in [0.15, 0.2) is 11.8 Å². The normalized spacial score (nSPS) is 21.0. The molecule has 0 spiro atoms. The van der Waals surface area contributed by atoms with Gasteiger partial charge in [0.1, 0.15) is 12.4 Å². The molecule has 29 heavy (non-hydrogen) atoms. The Bertz CT molecular complexity index is 622. The third-order valence-corrected chi connectivity index (χ3v) is 5.46. The molecule has 1 aliphatic rings. The van der Waals surface area contributed by atoms with Crippen LogP contribution in [0.3, 0.4) is 0 Å². The number of rotatable bonds is 10. The number of hydrogen-bond acceptors (Lipinski definition) is 6. The molecule has 1 N–H and O–H groups in total. The van der Waals surface area contributed by atoms with E-state index in [2.05, 4.69) is 39.2 Å². The van der Waals surface area contributed by atoms with Crippen LogP contribution in [0.25, 0.3) is 0 Å². The number of nitrogens with zero attached hydrogens (tertiary/aromatic N) is 6. The first-order chi connectivity index (χ1) is 14.0. The fourth-order valence-corrected chi connectivity index (χ4v) is 3.69. The molecule has 1 aromatic rings. The van der Waals surface area contributed by atoms with Crippen LogP contribution in [0.15, 0.2) is 4.99 Å². The number of aryl methyl sites for hydroxylation is 1. The van der Waals surface area contributed by atoms with Crippen LogP contribution in [0, 0.1) is 6.92 Å². The molecule has 0 aromatic carbocycles. The smallest absolute Gasteiger partial charge is 0.194 e. The molecule has 0 amide bonds. The van der Waals surface area contributed by atoms with Gasteiger partial charge in [-0.15, -0.1) is 10.2 Å². The summed E-state index contributed by atoms with van der Waals surface area (Å²) in [6.45, 7) is 15.0. The molecule has 0 radical (unpaired) electrons. The van der Waals surface area contributed by atoms with Crippen LogP contribution in [-0.2, 0) is 23.1 Å². The summed E-state index contributed by atoms with van der Waals surface area (Å²) in [4.78, 5) is 9.77. The molecule has 166 valence electrons. The predicted molar refractivity (Wildman–Crippen MR) is 115 cm³/mol. The van der Waals surface area contributed by atoms with E-state index >= 15 is 0 Å². The number of aromatic nitrogens is 3. The number of guanidine groups is 1. The summed E-state index contributed by atoms with van der Waals surface area (Å²) in [5.74, 6) is 2.71. The van der Waals surface area contributed by atoms with E-state index < -0.39 is 0 Å². The molecule has 9 heteroatoms. The highest BCUT2D eigenvalue weighted by Gasteiger charge is 2.30. The molecule has 0 aliphatic carbocycles. The first-order valence-corrected chi connectivity index (χ1v) is 10.7. The van der Waals surface area contributed by atoms with E-state index in [1.807, 2.05) is 25.5 Å². The van der Waals surface area contributed by atoms with Crippen LogP contribution < -0.4 is 5.32 Å². The molecule has 2 heterocycles. The summed E-state index contributed by atoms with van der Waals surface area (Å²) >= 11 is 0. The van der Waals surface area contributed by atoms with Gasteiger partial charge in [-0.3, -0.25) is 4.90 Å². The average molecular weight is 410 g/mol. The Kier molecular flexibility index (Phi) is 9.83. The van der Waals surface area contributed by atoms with Crippen molar-refractivity contribution in [2.75, 3.05) is 53.1 Å². The lowest BCUT2D eigenvalue weighted by molar-refractivity contribution is 0.0442. The summed E-state index contributed by atoms with van der Waals surface area (Å²) in [6, 6.07) is 0.864. The largest absolute Gasteiger partial charge is 0.383 e. The van der Waals surface area contributed by atoms with Gasteiger partial charge in [-0.1, -0.05) is 0 Å². The zero-order chi connectivity index (χ0) is 21.2. The maximum absolute atomic E-state index is 5.46. The molecule has 1 aromatic heterocycles. The molecular weight excluding hydrogens is 370 g/mol. The molecule has 0 bridgehead atoms. The van der Waals surface area contributed by atoms with Gasteiger partial charge in [0, 0.05) is 65.6 Å². The second-order valence-corrected chi connectivity index (χ2v) is 7.67. The van der Waals surface area contributed by atoms with Crippen molar-refractivity contribution in [2.45, 2.75) is 52.7 Å². The highest BCUT2D eigenvalue weighted by atomic mass is 16.5. The predicted octanol–water partition coefficient (Wildman–Crippen LogP) is 1.04. The van der Waals surface area contributed by atoms with Crippen molar-refractivity contribution in [1.29, 1.82) is 0 Å². The van der Waals surface area contributed by atoms with Gasteiger partial charge in [0.2, 0.25) is 0 Å². The van der Waals surface area contributed by atoms with Gasteiger partial charge >= 0.3 is 0 Å². The topological polar surface area (TPSA) is 80.0 Å². The highest BCUT2D eigenvalue weighted by Crippen LogP contribution is 2.16. The Morgan fingerprint density at radius 2 is 1.93 bits per heavy atom. The van der Waals surface area contributed by atoms with Gasteiger partial charge in [-0.25, -0.2) is 4.99 Å². The Balaban J connectivity index is 2.05. The third-order valence-electron chi connectivity index (χ3n) is 5.46. The van der Waals surface area contributed by atoms with E-state index in [-0.39, 0.29) is 0 Å². The lowest BCUT2D eigenvalue weighted by atomic mass is 10.1. The Hall–Kier alpha value is -1.71. The van der Waals surface area contributed by atoms with Crippen LogP contribution in [0.2, 0.25) is 0 Å². The Morgan fingerprint density at radius 1 is 1.21 bits per heavy atom. The second kappa shape index (κ2) is 12.1. The number of methoxy groups -OCH3 is 1. The lowest BCUT2D eigenvalue weighted by Gasteiger charge is -2.45. The van der Waals surface area contributed by atoms with Crippen LogP contribution in [0.5, 0.6) is 0 Å². The quantitative estimate of drug-likeness (QED) is 0.351. The molecule has 1 saturated heterocycles. The van der Waals surface area contributed by atoms with E-state index in [0.29, 0.717) is 18.6 Å². The van der Waals surface area contributed by atoms with Gasteiger partial charge in [-0.05, 0) is 34.1 Å². The molecule has 2 atom stereocenters. The fraction of sp³-hybridized carbons (Fsp3) is 0.850. The molecule has 1 aliphatic heterocycles. The Labute approximate surface area is 175 Å². The fourth-order valence-electron chi connectivity index (χ4n) is 3.69.